The first-order valence-electron chi connectivity index (χ1n) is 8.26. The van der Waals surface area contributed by atoms with E-state index in [0.717, 1.165) is 11.1 Å². The van der Waals surface area contributed by atoms with Gasteiger partial charge in [-0.3, -0.25) is 14.6 Å². The third-order valence-electron chi connectivity index (χ3n) is 4.30. The third kappa shape index (κ3) is 3.55. The van der Waals surface area contributed by atoms with Gasteiger partial charge in [-0.25, -0.2) is 9.97 Å². The predicted octanol–water partition coefficient (Wildman–Crippen LogP) is 0.858. The normalized spacial score (nSPS) is 19.9. The van der Waals surface area contributed by atoms with Crippen LogP contribution < -0.4 is 0 Å². The molecular weight excluding hydrogens is 334 g/mol. The Kier molecular flexibility index (Phi) is 4.94. The Morgan fingerprint density at radius 1 is 1.12 bits per heavy atom. The van der Waals surface area contributed by atoms with Crippen molar-refractivity contribution >= 4 is 11.8 Å². The van der Waals surface area contributed by atoms with Crippen molar-refractivity contribution < 1.29 is 14.3 Å². The number of morpholine rings is 1. The lowest BCUT2D eigenvalue weighted by atomic mass is 10.0. The van der Waals surface area contributed by atoms with Crippen molar-refractivity contribution in [1.82, 2.24) is 24.8 Å². The molecule has 0 spiro atoms. The van der Waals surface area contributed by atoms with E-state index in [0.29, 0.717) is 18.7 Å². The number of pyridine rings is 1. The molecule has 2 aromatic heterocycles. The molecule has 2 aromatic rings. The van der Waals surface area contributed by atoms with Gasteiger partial charge in [0.2, 0.25) is 0 Å². The fourth-order valence-electron chi connectivity index (χ4n) is 2.99. The molecule has 3 heterocycles. The second-order valence-electron chi connectivity index (χ2n) is 6.60. The molecule has 0 unspecified atom stereocenters. The molecule has 0 saturated carbocycles. The SMILES string of the molecule is CN(C)C(=O)[C@]1(C)CN(C(=O)c2cncc(-c3cncnc3)c2)CCO1. The Balaban J connectivity index is 1.82. The molecule has 1 saturated heterocycles. The highest BCUT2D eigenvalue weighted by Crippen LogP contribution is 2.23. The minimum atomic E-state index is -1.05. The number of amides is 2. The molecule has 1 aliphatic rings. The number of aromatic nitrogens is 3. The van der Waals surface area contributed by atoms with E-state index in [9.17, 15) is 9.59 Å². The molecule has 136 valence electrons. The summed E-state index contributed by atoms with van der Waals surface area (Å²) in [5.74, 6) is -0.347. The molecule has 1 aliphatic heterocycles. The molecule has 0 radical (unpaired) electrons. The Morgan fingerprint density at radius 2 is 1.81 bits per heavy atom. The van der Waals surface area contributed by atoms with Gasteiger partial charge < -0.3 is 14.5 Å². The van der Waals surface area contributed by atoms with Gasteiger partial charge in [0.05, 0.1) is 18.7 Å². The van der Waals surface area contributed by atoms with Crippen molar-refractivity contribution in [3.8, 4) is 11.1 Å². The first-order valence-corrected chi connectivity index (χ1v) is 8.26. The highest BCUT2D eigenvalue weighted by atomic mass is 16.5. The van der Waals surface area contributed by atoms with Crippen LogP contribution in [0.4, 0.5) is 0 Å². The van der Waals surface area contributed by atoms with Crippen LogP contribution in [0.5, 0.6) is 0 Å². The topological polar surface area (TPSA) is 88.5 Å². The predicted molar refractivity (Wildman–Crippen MR) is 94.2 cm³/mol. The molecule has 0 bridgehead atoms. The smallest absolute Gasteiger partial charge is 0.255 e. The molecule has 0 aliphatic carbocycles. The molecule has 8 nitrogen and oxygen atoms in total. The summed E-state index contributed by atoms with van der Waals surface area (Å²) in [5.41, 5.74) is 0.949. The van der Waals surface area contributed by atoms with E-state index < -0.39 is 5.60 Å². The summed E-state index contributed by atoms with van der Waals surface area (Å²) in [7, 11) is 3.35. The minimum Gasteiger partial charge on any atom is -0.362 e. The van der Waals surface area contributed by atoms with Gasteiger partial charge >= 0.3 is 0 Å². The number of carbonyl (C=O) groups excluding carboxylic acids is 2. The second-order valence-corrected chi connectivity index (χ2v) is 6.60. The average Bonchev–Trinajstić information content (AvgIpc) is 2.67. The highest BCUT2D eigenvalue weighted by molar-refractivity contribution is 5.96. The van der Waals surface area contributed by atoms with E-state index in [1.54, 1.807) is 50.6 Å². The van der Waals surface area contributed by atoms with Crippen molar-refractivity contribution in [3.05, 3.63) is 42.7 Å². The van der Waals surface area contributed by atoms with Gasteiger partial charge in [0, 0.05) is 56.6 Å². The van der Waals surface area contributed by atoms with Crippen LogP contribution in [0.15, 0.2) is 37.2 Å². The lowest BCUT2D eigenvalue weighted by molar-refractivity contribution is -0.162. The summed E-state index contributed by atoms with van der Waals surface area (Å²) in [6.07, 6.45) is 7.96. The summed E-state index contributed by atoms with van der Waals surface area (Å²) in [4.78, 5) is 40.6. The Morgan fingerprint density at radius 3 is 2.50 bits per heavy atom. The monoisotopic (exact) mass is 355 g/mol. The molecule has 0 aromatic carbocycles. The molecule has 8 heteroatoms. The Hall–Kier alpha value is -2.87. The van der Waals surface area contributed by atoms with Gasteiger partial charge in [0.15, 0.2) is 5.60 Å². The van der Waals surface area contributed by atoms with E-state index in [2.05, 4.69) is 15.0 Å². The molecule has 1 atom stereocenters. The Labute approximate surface area is 151 Å². The molecular formula is C18H21N5O3. The zero-order valence-corrected chi connectivity index (χ0v) is 15.0. The first-order chi connectivity index (χ1) is 12.4. The lowest BCUT2D eigenvalue weighted by Crippen LogP contribution is -2.59. The third-order valence-corrected chi connectivity index (χ3v) is 4.30. The van der Waals surface area contributed by atoms with E-state index in [4.69, 9.17) is 4.74 Å². The number of rotatable bonds is 3. The number of ether oxygens (including phenoxy) is 1. The van der Waals surface area contributed by atoms with Crippen molar-refractivity contribution in [3.63, 3.8) is 0 Å². The van der Waals surface area contributed by atoms with Crippen LogP contribution in [-0.2, 0) is 9.53 Å². The van der Waals surface area contributed by atoms with Crippen molar-refractivity contribution in [2.24, 2.45) is 0 Å². The van der Waals surface area contributed by atoms with Gasteiger partial charge in [-0.05, 0) is 13.0 Å². The van der Waals surface area contributed by atoms with Crippen LogP contribution in [0.2, 0.25) is 0 Å². The standard InChI is InChI=1S/C18H21N5O3/c1-18(17(25)22(2)3)11-23(4-5-26-18)16(24)14-6-13(7-19-8-14)15-9-20-12-21-10-15/h6-10,12H,4-5,11H2,1-3H3/t18-/m0/s1. The van der Waals surface area contributed by atoms with E-state index in [1.807, 2.05) is 0 Å². The fourth-order valence-corrected chi connectivity index (χ4v) is 2.99. The zero-order valence-electron chi connectivity index (χ0n) is 15.0. The summed E-state index contributed by atoms with van der Waals surface area (Å²) in [6.45, 7) is 2.64. The number of hydrogen-bond donors (Lipinski definition) is 0. The van der Waals surface area contributed by atoms with Crippen molar-refractivity contribution in [1.29, 1.82) is 0 Å². The maximum absolute atomic E-state index is 12.9. The van der Waals surface area contributed by atoms with Crippen LogP contribution >= 0.6 is 0 Å². The molecule has 2 amide bonds. The maximum Gasteiger partial charge on any atom is 0.255 e. The number of likely N-dealkylation sites (N-methyl/N-ethyl adjacent to an activating group) is 1. The fraction of sp³-hybridized carbons (Fsp3) is 0.389. The number of hydrogen-bond acceptors (Lipinski definition) is 6. The molecule has 26 heavy (non-hydrogen) atoms. The van der Waals surface area contributed by atoms with Crippen molar-refractivity contribution in [2.75, 3.05) is 33.8 Å². The zero-order chi connectivity index (χ0) is 18.7. The van der Waals surface area contributed by atoms with E-state index in [-0.39, 0.29) is 18.4 Å². The average molecular weight is 355 g/mol. The van der Waals surface area contributed by atoms with Gasteiger partial charge in [-0.2, -0.15) is 0 Å². The van der Waals surface area contributed by atoms with Gasteiger partial charge in [-0.1, -0.05) is 0 Å². The van der Waals surface area contributed by atoms with E-state index >= 15 is 0 Å². The van der Waals surface area contributed by atoms with Crippen LogP contribution in [0.3, 0.4) is 0 Å². The van der Waals surface area contributed by atoms with Gasteiger partial charge in [0.1, 0.15) is 6.33 Å². The molecule has 0 N–H and O–H groups in total. The van der Waals surface area contributed by atoms with Gasteiger partial charge in [-0.15, -0.1) is 0 Å². The number of nitrogens with zero attached hydrogens (tertiary/aromatic N) is 5. The lowest BCUT2D eigenvalue weighted by Gasteiger charge is -2.40. The molecule has 1 fully saturated rings. The summed E-state index contributed by atoms with van der Waals surface area (Å²) in [6, 6.07) is 1.76. The minimum absolute atomic E-state index is 0.164. The Bertz CT molecular complexity index is 811. The van der Waals surface area contributed by atoms with Crippen LogP contribution in [-0.4, -0.2) is 76.0 Å². The van der Waals surface area contributed by atoms with Gasteiger partial charge in [0.25, 0.3) is 11.8 Å². The second kappa shape index (κ2) is 7.17. The first kappa shape index (κ1) is 17.9. The van der Waals surface area contributed by atoms with Crippen LogP contribution in [0.25, 0.3) is 11.1 Å². The largest absolute Gasteiger partial charge is 0.362 e. The summed E-state index contributed by atoms with van der Waals surface area (Å²) in [5, 5.41) is 0. The number of carbonyl (C=O) groups is 2. The summed E-state index contributed by atoms with van der Waals surface area (Å²) >= 11 is 0. The van der Waals surface area contributed by atoms with Crippen LogP contribution in [0.1, 0.15) is 17.3 Å². The van der Waals surface area contributed by atoms with E-state index in [1.165, 1.54) is 17.4 Å². The summed E-state index contributed by atoms with van der Waals surface area (Å²) < 4.78 is 5.68. The van der Waals surface area contributed by atoms with Crippen LogP contribution in [0, 0.1) is 0 Å². The van der Waals surface area contributed by atoms with Crippen molar-refractivity contribution in [2.45, 2.75) is 12.5 Å². The maximum atomic E-state index is 12.9. The quantitative estimate of drug-likeness (QED) is 0.811. The highest BCUT2D eigenvalue weighted by Gasteiger charge is 2.41. The molecule has 3 rings (SSSR count).